The standard InChI is InChI=1S/C12H15ClF3NOS/c1-8(17-2)10-7-9(13)3-4-11(10)18-5-6-19-12(14,15)16/h3-4,7-8,17H,5-6H2,1-2H3. The zero-order valence-electron chi connectivity index (χ0n) is 10.6. The maximum absolute atomic E-state index is 12.0. The predicted molar refractivity (Wildman–Crippen MR) is 72.9 cm³/mol. The largest absolute Gasteiger partial charge is 0.492 e. The van der Waals surface area contributed by atoms with Gasteiger partial charge in [-0.3, -0.25) is 0 Å². The Morgan fingerprint density at radius 3 is 2.68 bits per heavy atom. The van der Waals surface area contributed by atoms with Crippen molar-refractivity contribution < 1.29 is 17.9 Å². The number of hydrogen-bond donors (Lipinski definition) is 1. The Labute approximate surface area is 119 Å². The fraction of sp³-hybridized carbons (Fsp3) is 0.500. The molecule has 0 fully saturated rings. The van der Waals surface area contributed by atoms with Crippen LogP contribution in [-0.4, -0.2) is 24.9 Å². The molecule has 19 heavy (non-hydrogen) atoms. The third kappa shape index (κ3) is 5.93. The number of nitrogens with one attached hydrogen (secondary N) is 1. The van der Waals surface area contributed by atoms with Crippen LogP contribution >= 0.6 is 23.4 Å². The van der Waals surface area contributed by atoms with Crippen molar-refractivity contribution in [3.63, 3.8) is 0 Å². The summed E-state index contributed by atoms with van der Waals surface area (Å²) < 4.78 is 41.3. The monoisotopic (exact) mass is 313 g/mol. The number of hydrogen-bond acceptors (Lipinski definition) is 3. The normalized spacial score (nSPS) is 13.4. The first kappa shape index (κ1) is 16.5. The first-order chi connectivity index (χ1) is 8.83. The Bertz CT molecular complexity index is 414. The predicted octanol–water partition coefficient (Wildman–Crippen LogP) is 4.25. The second-order valence-corrected chi connectivity index (χ2v) is 5.43. The SMILES string of the molecule is CNC(C)c1cc(Cl)ccc1OCCSC(F)(F)F. The van der Waals surface area contributed by atoms with Crippen LogP contribution < -0.4 is 10.1 Å². The average molecular weight is 314 g/mol. The molecule has 0 amide bonds. The molecule has 0 spiro atoms. The summed E-state index contributed by atoms with van der Waals surface area (Å²) in [7, 11) is 1.79. The summed E-state index contributed by atoms with van der Waals surface area (Å²) in [4.78, 5) is 0. The first-order valence-electron chi connectivity index (χ1n) is 5.63. The molecule has 1 aromatic carbocycles. The minimum atomic E-state index is -4.22. The van der Waals surface area contributed by atoms with Gasteiger partial charge in [-0.1, -0.05) is 11.6 Å². The molecule has 1 aromatic rings. The smallest absolute Gasteiger partial charge is 0.441 e. The minimum absolute atomic E-state index is 0.00368. The van der Waals surface area contributed by atoms with E-state index in [4.69, 9.17) is 16.3 Å². The molecule has 1 N–H and O–H groups in total. The van der Waals surface area contributed by atoms with Gasteiger partial charge in [0.1, 0.15) is 5.75 Å². The Morgan fingerprint density at radius 2 is 2.11 bits per heavy atom. The van der Waals surface area contributed by atoms with Crippen molar-refractivity contribution in [3.05, 3.63) is 28.8 Å². The van der Waals surface area contributed by atoms with Gasteiger partial charge in [-0.25, -0.2) is 0 Å². The second kappa shape index (κ2) is 7.26. The second-order valence-electron chi connectivity index (χ2n) is 3.84. The van der Waals surface area contributed by atoms with Crippen molar-refractivity contribution in [1.29, 1.82) is 0 Å². The molecule has 0 heterocycles. The maximum atomic E-state index is 12.0. The van der Waals surface area contributed by atoms with Gasteiger partial charge >= 0.3 is 5.51 Å². The molecule has 0 aliphatic rings. The van der Waals surface area contributed by atoms with E-state index in [0.29, 0.717) is 10.8 Å². The first-order valence-corrected chi connectivity index (χ1v) is 7.00. The van der Waals surface area contributed by atoms with Crippen LogP contribution in [0.25, 0.3) is 0 Å². The van der Waals surface area contributed by atoms with E-state index in [2.05, 4.69) is 5.32 Å². The fourth-order valence-electron chi connectivity index (χ4n) is 1.45. The van der Waals surface area contributed by atoms with Crippen LogP contribution in [0.1, 0.15) is 18.5 Å². The van der Waals surface area contributed by atoms with Gasteiger partial charge in [-0.05, 0) is 43.9 Å². The molecule has 0 radical (unpaired) electrons. The topological polar surface area (TPSA) is 21.3 Å². The van der Waals surface area contributed by atoms with E-state index in [1.807, 2.05) is 6.92 Å². The van der Waals surface area contributed by atoms with Gasteiger partial charge in [0.15, 0.2) is 0 Å². The summed E-state index contributed by atoms with van der Waals surface area (Å²) in [5, 5.41) is 3.60. The number of halogens is 4. The van der Waals surface area contributed by atoms with Crippen LogP contribution in [0.15, 0.2) is 18.2 Å². The Morgan fingerprint density at radius 1 is 1.42 bits per heavy atom. The average Bonchev–Trinajstić information content (AvgIpc) is 2.33. The number of rotatable bonds is 6. The van der Waals surface area contributed by atoms with Gasteiger partial charge in [-0.15, -0.1) is 0 Å². The van der Waals surface area contributed by atoms with Crippen LogP contribution in [0, 0.1) is 0 Å². The lowest BCUT2D eigenvalue weighted by Gasteiger charge is -2.17. The summed E-state index contributed by atoms with van der Waals surface area (Å²) in [6.07, 6.45) is 0. The molecule has 0 aromatic heterocycles. The van der Waals surface area contributed by atoms with Crippen molar-refractivity contribution >= 4 is 23.4 Å². The lowest BCUT2D eigenvalue weighted by molar-refractivity contribution is -0.0329. The molecule has 1 unspecified atom stereocenters. The highest BCUT2D eigenvalue weighted by Crippen LogP contribution is 2.31. The molecule has 0 aliphatic carbocycles. The molecule has 1 rings (SSSR count). The Balaban J connectivity index is 2.62. The highest BCUT2D eigenvalue weighted by atomic mass is 35.5. The van der Waals surface area contributed by atoms with E-state index >= 15 is 0 Å². The van der Waals surface area contributed by atoms with Gasteiger partial charge in [0.05, 0.1) is 6.61 Å². The van der Waals surface area contributed by atoms with Gasteiger partial charge in [-0.2, -0.15) is 13.2 Å². The van der Waals surface area contributed by atoms with E-state index < -0.39 is 5.51 Å². The molecule has 0 bridgehead atoms. The number of benzene rings is 1. The van der Waals surface area contributed by atoms with Crippen molar-refractivity contribution in [2.45, 2.75) is 18.5 Å². The Hall–Kier alpha value is -0.590. The van der Waals surface area contributed by atoms with Crippen LogP contribution in [0.3, 0.4) is 0 Å². The minimum Gasteiger partial charge on any atom is -0.492 e. The van der Waals surface area contributed by atoms with Gasteiger partial charge in [0, 0.05) is 22.4 Å². The van der Waals surface area contributed by atoms with Crippen LogP contribution in [0.2, 0.25) is 5.02 Å². The van der Waals surface area contributed by atoms with Crippen molar-refractivity contribution in [3.8, 4) is 5.75 Å². The van der Waals surface area contributed by atoms with Gasteiger partial charge in [0.25, 0.3) is 0 Å². The summed E-state index contributed by atoms with van der Waals surface area (Å²) >= 11 is 5.81. The molecular formula is C12H15ClF3NOS. The molecule has 0 saturated heterocycles. The van der Waals surface area contributed by atoms with E-state index in [0.717, 1.165) is 5.56 Å². The summed E-state index contributed by atoms with van der Waals surface area (Å²) in [5.74, 6) is 0.411. The molecular weight excluding hydrogens is 299 g/mol. The van der Waals surface area contributed by atoms with Gasteiger partial charge < -0.3 is 10.1 Å². The van der Waals surface area contributed by atoms with Crippen molar-refractivity contribution in [1.82, 2.24) is 5.32 Å². The highest BCUT2D eigenvalue weighted by molar-refractivity contribution is 8.00. The number of alkyl halides is 3. The van der Waals surface area contributed by atoms with Gasteiger partial charge in [0.2, 0.25) is 0 Å². The number of ether oxygens (including phenoxy) is 1. The third-order valence-electron chi connectivity index (χ3n) is 2.48. The third-order valence-corrected chi connectivity index (χ3v) is 3.41. The van der Waals surface area contributed by atoms with Crippen LogP contribution in [0.4, 0.5) is 13.2 Å². The van der Waals surface area contributed by atoms with E-state index in [9.17, 15) is 13.2 Å². The zero-order valence-corrected chi connectivity index (χ0v) is 12.1. The van der Waals surface area contributed by atoms with Crippen molar-refractivity contribution in [2.24, 2.45) is 0 Å². The lowest BCUT2D eigenvalue weighted by atomic mass is 10.1. The number of thioether (sulfide) groups is 1. The van der Waals surface area contributed by atoms with Crippen molar-refractivity contribution in [2.75, 3.05) is 19.4 Å². The molecule has 2 nitrogen and oxygen atoms in total. The van der Waals surface area contributed by atoms with E-state index in [-0.39, 0.29) is 30.2 Å². The van der Waals surface area contributed by atoms with Crippen LogP contribution in [0.5, 0.6) is 5.75 Å². The quantitative estimate of drug-likeness (QED) is 0.793. The van der Waals surface area contributed by atoms with Crippen LogP contribution in [-0.2, 0) is 0 Å². The lowest BCUT2D eigenvalue weighted by Crippen LogP contribution is -2.15. The maximum Gasteiger partial charge on any atom is 0.441 e. The summed E-state index contributed by atoms with van der Waals surface area (Å²) in [5.41, 5.74) is -3.39. The highest BCUT2D eigenvalue weighted by Gasteiger charge is 2.27. The molecule has 108 valence electrons. The molecule has 1 atom stereocenters. The molecule has 7 heteroatoms. The summed E-state index contributed by atoms with van der Waals surface area (Å²) in [6, 6.07) is 5.07. The molecule has 0 saturated carbocycles. The van der Waals surface area contributed by atoms with E-state index in [1.54, 1.807) is 25.2 Å². The summed E-state index contributed by atoms with van der Waals surface area (Å²) in [6.45, 7) is 1.91. The van der Waals surface area contributed by atoms with E-state index in [1.165, 1.54) is 0 Å². The fourth-order valence-corrected chi connectivity index (χ4v) is 2.03. The zero-order chi connectivity index (χ0) is 14.5. The molecule has 0 aliphatic heterocycles. The Kier molecular flexibility index (Phi) is 6.29.